The maximum absolute atomic E-state index is 12.1. The molecule has 0 aromatic rings. The first-order valence-corrected chi connectivity index (χ1v) is 7.06. The predicted molar refractivity (Wildman–Crippen MR) is 66.1 cm³/mol. The standard InChI is InChI=1S/C11H18N2O3S/c14-10(15)8-12-3-5-13(6-4-12)11(16)9-2-1-7-17-9/h9H,1-8H2,(H,14,15). The highest BCUT2D eigenvalue weighted by Crippen LogP contribution is 2.27. The van der Waals surface area contributed by atoms with E-state index in [0.717, 1.165) is 18.6 Å². The summed E-state index contributed by atoms with van der Waals surface area (Å²) in [7, 11) is 0. The topological polar surface area (TPSA) is 60.9 Å². The molecule has 0 aromatic heterocycles. The second-order valence-electron chi connectivity index (χ2n) is 4.50. The first kappa shape index (κ1) is 12.7. The average Bonchev–Trinajstić information content (AvgIpc) is 2.82. The fraction of sp³-hybridized carbons (Fsp3) is 0.818. The van der Waals surface area contributed by atoms with Crippen LogP contribution in [0.2, 0.25) is 0 Å². The van der Waals surface area contributed by atoms with Crippen LogP contribution in [0.1, 0.15) is 12.8 Å². The van der Waals surface area contributed by atoms with Gasteiger partial charge in [-0.1, -0.05) is 0 Å². The van der Waals surface area contributed by atoms with Gasteiger partial charge in [-0.3, -0.25) is 14.5 Å². The molecular weight excluding hydrogens is 240 g/mol. The summed E-state index contributed by atoms with van der Waals surface area (Å²) >= 11 is 1.76. The highest BCUT2D eigenvalue weighted by Gasteiger charge is 2.30. The molecule has 17 heavy (non-hydrogen) atoms. The minimum absolute atomic E-state index is 0.0835. The Balaban J connectivity index is 1.78. The largest absolute Gasteiger partial charge is 0.480 e. The molecule has 2 rings (SSSR count). The highest BCUT2D eigenvalue weighted by atomic mass is 32.2. The lowest BCUT2D eigenvalue weighted by molar-refractivity contribution is -0.139. The molecule has 1 atom stereocenters. The number of piperazine rings is 1. The first-order chi connectivity index (χ1) is 8.16. The molecule has 0 aliphatic carbocycles. The van der Waals surface area contributed by atoms with Gasteiger partial charge in [0, 0.05) is 26.2 Å². The summed E-state index contributed by atoms with van der Waals surface area (Å²) in [6.07, 6.45) is 2.14. The van der Waals surface area contributed by atoms with Crippen molar-refractivity contribution in [1.29, 1.82) is 0 Å². The van der Waals surface area contributed by atoms with Crippen LogP contribution in [0.15, 0.2) is 0 Å². The van der Waals surface area contributed by atoms with E-state index >= 15 is 0 Å². The van der Waals surface area contributed by atoms with Gasteiger partial charge in [0.15, 0.2) is 0 Å². The Morgan fingerprint density at radius 1 is 1.24 bits per heavy atom. The molecule has 0 aromatic carbocycles. The van der Waals surface area contributed by atoms with Crippen molar-refractivity contribution in [2.75, 3.05) is 38.5 Å². The zero-order valence-electron chi connectivity index (χ0n) is 9.80. The van der Waals surface area contributed by atoms with E-state index < -0.39 is 5.97 Å². The number of hydrogen-bond donors (Lipinski definition) is 1. The normalized spacial score (nSPS) is 26.1. The molecule has 5 nitrogen and oxygen atoms in total. The number of hydrogen-bond acceptors (Lipinski definition) is 4. The Labute approximate surface area is 105 Å². The van der Waals surface area contributed by atoms with Crippen molar-refractivity contribution in [3.05, 3.63) is 0 Å². The van der Waals surface area contributed by atoms with Gasteiger partial charge in [0.1, 0.15) is 0 Å². The van der Waals surface area contributed by atoms with E-state index in [-0.39, 0.29) is 17.7 Å². The number of carbonyl (C=O) groups excluding carboxylic acids is 1. The number of thioether (sulfide) groups is 1. The number of amides is 1. The number of rotatable bonds is 3. The summed E-state index contributed by atoms with van der Waals surface area (Å²) < 4.78 is 0. The van der Waals surface area contributed by atoms with Crippen molar-refractivity contribution in [2.24, 2.45) is 0 Å². The van der Waals surface area contributed by atoms with E-state index in [1.165, 1.54) is 0 Å². The number of carboxylic acid groups (broad SMARTS) is 1. The lowest BCUT2D eigenvalue weighted by atomic mass is 10.2. The maximum Gasteiger partial charge on any atom is 0.317 e. The minimum atomic E-state index is -0.795. The van der Waals surface area contributed by atoms with Crippen molar-refractivity contribution in [1.82, 2.24) is 9.80 Å². The Morgan fingerprint density at radius 2 is 1.94 bits per heavy atom. The Morgan fingerprint density at radius 3 is 2.47 bits per heavy atom. The van der Waals surface area contributed by atoms with Gasteiger partial charge in [0.25, 0.3) is 0 Å². The molecule has 0 radical (unpaired) electrons. The molecule has 96 valence electrons. The second kappa shape index (κ2) is 5.73. The van der Waals surface area contributed by atoms with Crippen LogP contribution in [0.3, 0.4) is 0 Å². The van der Waals surface area contributed by atoms with E-state index in [2.05, 4.69) is 0 Å². The predicted octanol–water partition coefficient (Wildman–Crippen LogP) is 0.111. The molecule has 1 amide bonds. The van der Waals surface area contributed by atoms with E-state index in [0.29, 0.717) is 26.2 Å². The van der Waals surface area contributed by atoms with E-state index in [1.807, 2.05) is 9.80 Å². The first-order valence-electron chi connectivity index (χ1n) is 6.01. The van der Waals surface area contributed by atoms with E-state index in [1.54, 1.807) is 11.8 Å². The zero-order valence-corrected chi connectivity index (χ0v) is 10.6. The Kier molecular flexibility index (Phi) is 4.28. The minimum Gasteiger partial charge on any atom is -0.480 e. The van der Waals surface area contributed by atoms with Crippen LogP contribution >= 0.6 is 11.8 Å². The van der Waals surface area contributed by atoms with Crippen molar-refractivity contribution >= 4 is 23.6 Å². The monoisotopic (exact) mass is 258 g/mol. The van der Waals surface area contributed by atoms with Crippen LogP contribution in [0, 0.1) is 0 Å². The fourth-order valence-electron chi connectivity index (χ4n) is 2.29. The second-order valence-corrected chi connectivity index (χ2v) is 5.81. The van der Waals surface area contributed by atoms with Crippen LogP contribution in [0.5, 0.6) is 0 Å². The summed E-state index contributed by atoms with van der Waals surface area (Å²) in [5, 5.41) is 8.84. The highest BCUT2D eigenvalue weighted by molar-refractivity contribution is 8.00. The summed E-state index contributed by atoms with van der Waals surface area (Å²) in [5.74, 6) is 0.550. The van der Waals surface area contributed by atoms with Crippen molar-refractivity contribution in [3.8, 4) is 0 Å². The molecule has 6 heteroatoms. The van der Waals surface area contributed by atoms with Crippen LogP contribution in [0.4, 0.5) is 0 Å². The molecule has 0 saturated carbocycles. The van der Waals surface area contributed by atoms with Crippen LogP contribution < -0.4 is 0 Å². The molecule has 2 aliphatic rings. The lowest BCUT2D eigenvalue weighted by Gasteiger charge is -2.34. The molecule has 2 heterocycles. The number of nitrogens with zero attached hydrogens (tertiary/aromatic N) is 2. The number of aliphatic carboxylic acids is 1. The van der Waals surface area contributed by atoms with Crippen molar-refractivity contribution in [3.63, 3.8) is 0 Å². The summed E-state index contributed by atoms with van der Waals surface area (Å²) in [5.41, 5.74) is 0. The van der Waals surface area contributed by atoms with Gasteiger partial charge in [-0.15, -0.1) is 11.8 Å². The fourth-order valence-corrected chi connectivity index (χ4v) is 3.54. The van der Waals surface area contributed by atoms with Gasteiger partial charge < -0.3 is 10.0 Å². The van der Waals surface area contributed by atoms with Crippen molar-refractivity contribution < 1.29 is 14.7 Å². The molecule has 1 unspecified atom stereocenters. The quantitative estimate of drug-likeness (QED) is 0.778. The third-order valence-corrected chi connectivity index (χ3v) is 4.61. The zero-order chi connectivity index (χ0) is 12.3. The van der Waals surface area contributed by atoms with Gasteiger partial charge in [-0.25, -0.2) is 0 Å². The van der Waals surface area contributed by atoms with Crippen molar-refractivity contribution in [2.45, 2.75) is 18.1 Å². The summed E-state index contributed by atoms with van der Waals surface area (Å²) in [6, 6.07) is 0. The summed E-state index contributed by atoms with van der Waals surface area (Å²) in [6.45, 7) is 2.78. The third kappa shape index (κ3) is 3.35. The maximum atomic E-state index is 12.1. The van der Waals surface area contributed by atoms with E-state index in [4.69, 9.17) is 5.11 Å². The SMILES string of the molecule is O=C(O)CN1CCN(C(=O)C2CCCS2)CC1. The number of carboxylic acids is 1. The van der Waals surface area contributed by atoms with Gasteiger partial charge >= 0.3 is 5.97 Å². The summed E-state index contributed by atoms with van der Waals surface area (Å²) in [4.78, 5) is 26.4. The molecule has 0 spiro atoms. The molecular formula is C11H18N2O3S. The Bertz CT molecular complexity index is 297. The average molecular weight is 258 g/mol. The third-order valence-electron chi connectivity index (χ3n) is 3.25. The van der Waals surface area contributed by atoms with Crippen LogP contribution in [0.25, 0.3) is 0 Å². The molecule has 2 fully saturated rings. The van der Waals surface area contributed by atoms with Gasteiger partial charge in [-0.2, -0.15) is 0 Å². The molecule has 2 saturated heterocycles. The smallest absolute Gasteiger partial charge is 0.317 e. The lowest BCUT2D eigenvalue weighted by Crippen LogP contribution is -2.51. The van der Waals surface area contributed by atoms with Gasteiger partial charge in [0.2, 0.25) is 5.91 Å². The van der Waals surface area contributed by atoms with Crippen LogP contribution in [-0.2, 0) is 9.59 Å². The van der Waals surface area contributed by atoms with Gasteiger partial charge in [0.05, 0.1) is 11.8 Å². The van der Waals surface area contributed by atoms with Gasteiger partial charge in [-0.05, 0) is 18.6 Å². The molecule has 2 aliphatic heterocycles. The Hall–Kier alpha value is -0.750. The number of carbonyl (C=O) groups is 2. The molecule has 0 bridgehead atoms. The molecule has 1 N–H and O–H groups in total. The van der Waals surface area contributed by atoms with E-state index in [9.17, 15) is 9.59 Å². The van der Waals surface area contributed by atoms with Crippen LogP contribution in [-0.4, -0.2) is 70.5 Å².